The molecule has 19 heavy (non-hydrogen) atoms. The van der Waals surface area contributed by atoms with E-state index < -0.39 is 0 Å². The van der Waals surface area contributed by atoms with Crippen LogP contribution in [-0.2, 0) is 0 Å². The molecule has 1 aromatic carbocycles. The van der Waals surface area contributed by atoms with Gasteiger partial charge in [-0.05, 0) is 36.5 Å². The molecule has 1 aliphatic rings. The van der Waals surface area contributed by atoms with E-state index in [0.717, 1.165) is 6.54 Å². The summed E-state index contributed by atoms with van der Waals surface area (Å²) < 4.78 is 0. The number of amides is 1. The minimum Gasteiger partial charge on any atom is -0.398 e. The highest BCUT2D eigenvalue weighted by molar-refractivity contribution is 6.33. The zero-order valence-corrected chi connectivity index (χ0v) is 12.0. The summed E-state index contributed by atoms with van der Waals surface area (Å²) in [4.78, 5) is 12.0. The van der Waals surface area contributed by atoms with E-state index in [2.05, 4.69) is 12.2 Å². The van der Waals surface area contributed by atoms with Crippen molar-refractivity contribution < 1.29 is 4.79 Å². The Balaban J connectivity index is 1.91. The van der Waals surface area contributed by atoms with Crippen molar-refractivity contribution in [3.8, 4) is 0 Å². The van der Waals surface area contributed by atoms with E-state index in [1.165, 1.54) is 25.7 Å². The second-order valence-corrected chi connectivity index (χ2v) is 5.88. The van der Waals surface area contributed by atoms with Crippen molar-refractivity contribution in [2.45, 2.75) is 32.6 Å². The summed E-state index contributed by atoms with van der Waals surface area (Å²) in [6.07, 6.45) is 5.08. The first-order valence-corrected chi connectivity index (χ1v) is 7.29. The van der Waals surface area contributed by atoms with Crippen LogP contribution in [0.5, 0.6) is 0 Å². The molecule has 0 bridgehead atoms. The van der Waals surface area contributed by atoms with Gasteiger partial charge >= 0.3 is 0 Å². The number of anilines is 1. The predicted octanol–water partition coefficient (Wildman–Crippen LogP) is 3.48. The third-order valence-electron chi connectivity index (χ3n) is 4.08. The Morgan fingerprint density at radius 1 is 1.42 bits per heavy atom. The van der Waals surface area contributed by atoms with Crippen molar-refractivity contribution >= 4 is 23.2 Å². The van der Waals surface area contributed by atoms with Crippen molar-refractivity contribution in [2.75, 3.05) is 12.3 Å². The SMILES string of the molecule is CC1CCCCC1CNC(=O)c1ccc(N)c(Cl)c1. The Morgan fingerprint density at radius 3 is 2.84 bits per heavy atom. The first kappa shape index (κ1) is 14.2. The fraction of sp³-hybridized carbons (Fsp3) is 0.533. The smallest absolute Gasteiger partial charge is 0.251 e. The number of nitrogens with one attached hydrogen (secondary N) is 1. The van der Waals surface area contributed by atoms with Gasteiger partial charge in [-0.15, -0.1) is 0 Å². The Kier molecular flexibility index (Phi) is 4.70. The molecular weight excluding hydrogens is 260 g/mol. The third-order valence-corrected chi connectivity index (χ3v) is 4.40. The minimum atomic E-state index is -0.0697. The summed E-state index contributed by atoms with van der Waals surface area (Å²) >= 11 is 5.92. The molecule has 3 N–H and O–H groups in total. The fourth-order valence-corrected chi connectivity index (χ4v) is 2.87. The highest BCUT2D eigenvalue weighted by Crippen LogP contribution is 2.29. The molecule has 1 saturated carbocycles. The molecule has 1 amide bonds. The summed E-state index contributed by atoms with van der Waals surface area (Å²) in [6.45, 7) is 3.03. The normalized spacial score (nSPS) is 23.1. The van der Waals surface area contributed by atoms with Crippen LogP contribution < -0.4 is 11.1 Å². The monoisotopic (exact) mass is 280 g/mol. The van der Waals surface area contributed by atoms with Crippen LogP contribution in [0, 0.1) is 11.8 Å². The molecule has 0 aliphatic heterocycles. The van der Waals surface area contributed by atoms with Crippen LogP contribution in [0.1, 0.15) is 43.0 Å². The molecule has 4 heteroatoms. The van der Waals surface area contributed by atoms with Crippen LogP contribution in [0.25, 0.3) is 0 Å². The molecule has 0 spiro atoms. The first-order valence-electron chi connectivity index (χ1n) is 6.91. The Bertz CT molecular complexity index is 461. The van der Waals surface area contributed by atoms with Gasteiger partial charge in [-0.25, -0.2) is 0 Å². The second-order valence-electron chi connectivity index (χ2n) is 5.47. The van der Waals surface area contributed by atoms with Gasteiger partial charge in [-0.3, -0.25) is 4.79 Å². The van der Waals surface area contributed by atoms with Gasteiger partial charge in [0, 0.05) is 12.1 Å². The van der Waals surface area contributed by atoms with Gasteiger partial charge in [0.2, 0.25) is 0 Å². The molecule has 0 aromatic heterocycles. The molecule has 1 aromatic rings. The lowest BCUT2D eigenvalue weighted by atomic mass is 9.80. The summed E-state index contributed by atoms with van der Waals surface area (Å²) in [5.74, 6) is 1.23. The summed E-state index contributed by atoms with van der Waals surface area (Å²) in [6, 6.07) is 5.00. The lowest BCUT2D eigenvalue weighted by molar-refractivity contribution is 0.0936. The third kappa shape index (κ3) is 3.63. The van der Waals surface area contributed by atoms with Crippen molar-refractivity contribution in [3.05, 3.63) is 28.8 Å². The molecule has 1 aliphatic carbocycles. The van der Waals surface area contributed by atoms with E-state index in [1.54, 1.807) is 18.2 Å². The molecule has 2 atom stereocenters. The van der Waals surface area contributed by atoms with E-state index in [-0.39, 0.29) is 5.91 Å². The number of carbonyl (C=O) groups is 1. The van der Waals surface area contributed by atoms with Crippen molar-refractivity contribution in [3.63, 3.8) is 0 Å². The summed E-state index contributed by atoms with van der Waals surface area (Å²) in [5.41, 5.74) is 6.71. The molecular formula is C15H21ClN2O. The topological polar surface area (TPSA) is 55.1 Å². The van der Waals surface area contributed by atoms with Crippen molar-refractivity contribution in [1.82, 2.24) is 5.32 Å². The zero-order valence-electron chi connectivity index (χ0n) is 11.3. The number of carbonyl (C=O) groups excluding carboxylic acids is 1. The molecule has 3 nitrogen and oxygen atoms in total. The number of nitrogens with two attached hydrogens (primary N) is 1. The molecule has 2 rings (SSSR count). The molecule has 0 heterocycles. The maximum absolute atomic E-state index is 12.0. The van der Waals surface area contributed by atoms with E-state index in [9.17, 15) is 4.79 Å². The first-order chi connectivity index (χ1) is 9.08. The zero-order chi connectivity index (χ0) is 13.8. The van der Waals surface area contributed by atoms with Gasteiger partial charge in [0.1, 0.15) is 0 Å². The minimum absolute atomic E-state index is 0.0697. The van der Waals surface area contributed by atoms with Gasteiger partial charge in [0.25, 0.3) is 5.91 Å². The second kappa shape index (κ2) is 6.29. The van der Waals surface area contributed by atoms with Gasteiger partial charge < -0.3 is 11.1 Å². The number of benzene rings is 1. The van der Waals surface area contributed by atoms with Crippen molar-refractivity contribution in [2.24, 2.45) is 11.8 Å². The quantitative estimate of drug-likeness (QED) is 0.833. The number of hydrogen-bond acceptors (Lipinski definition) is 2. The molecule has 1 fully saturated rings. The Morgan fingerprint density at radius 2 is 2.16 bits per heavy atom. The van der Waals surface area contributed by atoms with Crippen LogP contribution in [0.4, 0.5) is 5.69 Å². The average Bonchev–Trinajstić information content (AvgIpc) is 2.40. The molecule has 104 valence electrons. The Hall–Kier alpha value is -1.22. The van der Waals surface area contributed by atoms with Crippen LogP contribution in [0.2, 0.25) is 5.02 Å². The molecule has 2 unspecified atom stereocenters. The number of hydrogen-bond donors (Lipinski definition) is 2. The number of halogens is 1. The highest BCUT2D eigenvalue weighted by Gasteiger charge is 2.21. The van der Waals surface area contributed by atoms with E-state index in [0.29, 0.717) is 28.1 Å². The van der Waals surface area contributed by atoms with Gasteiger partial charge in [-0.1, -0.05) is 37.8 Å². The van der Waals surface area contributed by atoms with E-state index in [1.807, 2.05) is 0 Å². The lowest BCUT2D eigenvalue weighted by Crippen LogP contribution is -2.33. The maximum atomic E-state index is 12.0. The van der Waals surface area contributed by atoms with E-state index in [4.69, 9.17) is 17.3 Å². The summed E-state index contributed by atoms with van der Waals surface area (Å²) in [5, 5.41) is 3.44. The van der Waals surface area contributed by atoms with Crippen LogP contribution in [0.15, 0.2) is 18.2 Å². The Labute approximate surface area is 119 Å². The highest BCUT2D eigenvalue weighted by atomic mass is 35.5. The molecule has 0 saturated heterocycles. The van der Waals surface area contributed by atoms with Crippen molar-refractivity contribution in [1.29, 1.82) is 0 Å². The van der Waals surface area contributed by atoms with Gasteiger partial charge in [-0.2, -0.15) is 0 Å². The average molecular weight is 281 g/mol. The summed E-state index contributed by atoms with van der Waals surface area (Å²) in [7, 11) is 0. The fourth-order valence-electron chi connectivity index (χ4n) is 2.69. The van der Waals surface area contributed by atoms with E-state index >= 15 is 0 Å². The maximum Gasteiger partial charge on any atom is 0.251 e. The van der Waals surface area contributed by atoms with Gasteiger partial charge in [0.15, 0.2) is 0 Å². The van der Waals surface area contributed by atoms with Crippen LogP contribution in [-0.4, -0.2) is 12.5 Å². The van der Waals surface area contributed by atoms with Crippen LogP contribution >= 0.6 is 11.6 Å². The van der Waals surface area contributed by atoms with Gasteiger partial charge in [0.05, 0.1) is 10.7 Å². The molecule has 0 radical (unpaired) electrons. The lowest BCUT2D eigenvalue weighted by Gasteiger charge is -2.28. The largest absolute Gasteiger partial charge is 0.398 e. The number of nitrogen functional groups attached to an aromatic ring is 1. The predicted molar refractivity (Wildman–Crippen MR) is 79.3 cm³/mol. The standard InChI is InChI=1S/C15H21ClN2O/c1-10-4-2-3-5-12(10)9-18-15(19)11-6-7-14(17)13(16)8-11/h6-8,10,12H,2-5,9,17H2,1H3,(H,18,19). The van der Waals surface area contributed by atoms with Crippen LogP contribution in [0.3, 0.4) is 0 Å². The number of rotatable bonds is 3.